The van der Waals surface area contributed by atoms with Crippen molar-refractivity contribution in [2.75, 3.05) is 26.0 Å². The van der Waals surface area contributed by atoms with E-state index in [2.05, 4.69) is 39.2 Å². The van der Waals surface area contributed by atoms with Crippen LogP contribution in [0.1, 0.15) is 30.5 Å². The molecule has 2 aromatic carbocycles. The van der Waals surface area contributed by atoms with Crippen molar-refractivity contribution in [1.29, 1.82) is 0 Å². The average molecular weight is 377 g/mol. The van der Waals surface area contributed by atoms with Crippen molar-refractivity contribution in [2.24, 2.45) is 0 Å². The van der Waals surface area contributed by atoms with E-state index in [0.29, 0.717) is 6.42 Å². The number of nitrogens with zero attached hydrogens (tertiary/aromatic N) is 5. The van der Waals surface area contributed by atoms with Crippen molar-refractivity contribution in [3.63, 3.8) is 0 Å². The first kappa shape index (κ1) is 19.6. The second-order valence-electron chi connectivity index (χ2n) is 7.17. The summed E-state index contributed by atoms with van der Waals surface area (Å²) in [5.41, 5.74) is 4.38. The molecule has 146 valence electrons. The van der Waals surface area contributed by atoms with Gasteiger partial charge >= 0.3 is 0 Å². The number of benzene rings is 2. The number of anilines is 1. The molecule has 0 bridgehead atoms. The molecule has 3 rings (SSSR count). The summed E-state index contributed by atoms with van der Waals surface area (Å²) in [6.45, 7) is 2.05. The molecule has 1 heterocycles. The molecule has 6 heteroatoms. The Labute approximate surface area is 166 Å². The minimum atomic E-state index is 0.00779. The van der Waals surface area contributed by atoms with Crippen molar-refractivity contribution < 1.29 is 4.79 Å². The molecule has 0 fully saturated rings. The second kappa shape index (κ2) is 8.69. The molecule has 0 aliphatic carbocycles. The minimum absolute atomic E-state index is 0.00779. The summed E-state index contributed by atoms with van der Waals surface area (Å²) in [5, 5.41) is 4.13. The molecule has 3 aromatic rings. The molecule has 1 atom stereocenters. The molecular formula is C22H27N5O. The van der Waals surface area contributed by atoms with E-state index in [1.807, 2.05) is 57.2 Å². The molecule has 6 nitrogen and oxygen atoms in total. The van der Waals surface area contributed by atoms with Crippen LogP contribution in [-0.2, 0) is 11.2 Å². The van der Waals surface area contributed by atoms with Crippen LogP contribution in [0.2, 0.25) is 0 Å². The van der Waals surface area contributed by atoms with E-state index < -0.39 is 0 Å². The molecular weight excluding hydrogens is 350 g/mol. The minimum Gasteiger partial charge on any atom is -0.378 e. The van der Waals surface area contributed by atoms with Gasteiger partial charge in [0.05, 0.1) is 11.7 Å². The van der Waals surface area contributed by atoms with Crippen molar-refractivity contribution in [3.05, 3.63) is 72.3 Å². The number of hydrogen-bond donors (Lipinski definition) is 0. The van der Waals surface area contributed by atoms with Gasteiger partial charge < -0.3 is 9.80 Å². The highest BCUT2D eigenvalue weighted by molar-refractivity contribution is 5.76. The standard InChI is InChI=1S/C22H27N5O/c1-17(19-8-12-21(13-9-19)27-16-23-15-24-27)26(4)22(28)14-7-18-5-10-20(11-6-18)25(2)3/h5-6,8-13,15-17H,7,14H2,1-4H3. The summed E-state index contributed by atoms with van der Waals surface area (Å²) in [5.74, 6) is 0.143. The normalized spacial score (nSPS) is 11.9. The van der Waals surface area contributed by atoms with Crippen LogP contribution >= 0.6 is 0 Å². The Hall–Kier alpha value is -3.15. The molecule has 1 aromatic heterocycles. The predicted molar refractivity (Wildman–Crippen MR) is 112 cm³/mol. The first-order chi connectivity index (χ1) is 13.5. The quantitative estimate of drug-likeness (QED) is 0.632. The zero-order chi connectivity index (χ0) is 20.1. The van der Waals surface area contributed by atoms with Crippen LogP contribution in [0, 0.1) is 0 Å². The highest BCUT2D eigenvalue weighted by atomic mass is 16.2. The van der Waals surface area contributed by atoms with Gasteiger partial charge in [-0.15, -0.1) is 0 Å². The zero-order valence-electron chi connectivity index (χ0n) is 16.9. The van der Waals surface area contributed by atoms with Gasteiger partial charge in [-0.25, -0.2) is 9.67 Å². The van der Waals surface area contributed by atoms with Gasteiger partial charge in [0.25, 0.3) is 0 Å². The molecule has 0 saturated carbocycles. The molecule has 0 radical (unpaired) electrons. The molecule has 1 amide bonds. The summed E-state index contributed by atoms with van der Waals surface area (Å²) in [6, 6.07) is 16.4. The topological polar surface area (TPSA) is 54.3 Å². The van der Waals surface area contributed by atoms with Crippen LogP contribution in [0.25, 0.3) is 5.69 Å². The lowest BCUT2D eigenvalue weighted by molar-refractivity contribution is -0.131. The van der Waals surface area contributed by atoms with Gasteiger partial charge in [0.1, 0.15) is 12.7 Å². The number of aryl methyl sites for hydroxylation is 1. The monoisotopic (exact) mass is 377 g/mol. The van der Waals surface area contributed by atoms with E-state index in [0.717, 1.165) is 23.4 Å². The van der Waals surface area contributed by atoms with Crippen molar-refractivity contribution in [3.8, 4) is 5.69 Å². The third-order valence-corrected chi connectivity index (χ3v) is 5.11. The number of carbonyl (C=O) groups excluding carboxylic acids is 1. The van der Waals surface area contributed by atoms with Crippen molar-refractivity contribution in [2.45, 2.75) is 25.8 Å². The highest BCUT2D eigenvalue weighted by Gasteiger charge is 2.17. The third kappa shape index (κ3) is 4.57. The largest absolute Gasteiger partial charge is 0.378 e. The van der Waals surface area contributed by atoms with Crippen LogP contribution in [0.3, 0.4) is 0 Å². The van der Waals surface area contributed by atoms with Crippen LogP contribution in [0.5, 0.6) is 0 Å². The van der Waals surface area contributed by atoms with Crippen LogP contribution < -0.4 is 4.90 Å². The van der Waals surface area contributed by atoms with Gasteiger partial charge in [-0.2, -0.15) is 5.10 Å². The average Bonchev–Trinajstić information content (AvgIpc) is 3.26. The first-order valence-corrected chi connectivity index (χ1v) is 9.42. The van der Waals surface area contributed by atoms with Gasteiger partial charge in [-0.1, -0.05) is 24.3 Å². The fraction of sp³-hybridized carbons (Fsp3) is 0.318. The number of carbonyl (C=O) groups is 1. The van der Waals surface area contributed by atoms with Crippen molar-refractivity contribution >= 4 is 11.6 Å². The first-order valence-electron chi connectivity index (χ1n) is 9.42. The second-order valence-corrected chi connectivity index (χ2v) is 7.17. The van der Waals surface area contributed by atoms with Gasteiger partial charge in [-0.05, 0) is 48.7 Å². The number of hydrogen-bond acceptors (Lipinski definition) is 4. The van der Waals surface area contributed by atoms with Crippen LogP contribution in [-0.4, -0.2) is 46.7 Å². The zero-order valence-corrected chi connectivity index (χ0v) is 16.9. The van der Waals surface area contributed by atoms with Gasteiger partial charge in [0, 0.05) is 33.3 Å². The summed E-state index contributed by atoms with van der Waals surface area (Å²) in [7, 11) is 5.91. The van der Waals surface area contributed by atoms with Crippen LogP contribution in [0.15, 0.2) is 61.2 Å². The lowest BCUT2D eigenvalue weighted by atomic mass is 10.0. The maximum absolute atomic E-state index is 12.7. The molecule has 0 aliphatic rings. The SMILES string of the molecule is CC(c1ccc(-n2cncn2)cc1)N(C)C(=O)CCc1ccc(N(C)C)cc1. The molecule has 0 aliphatic heterocycles. The maximum atomic E-state index is 12.7. The Kier molecular flexibility index (Phi) is 6.09. The summed E-state index contributed by atoms with van der Waals surface area (Å²) >= 11 is 0. The Balaban J connectivity index is 1.57. The fourth-order valence-electron chi connectivity index (χ4n) is 3.08. The Morgan fingerprint density at radius 3 is 2.29 bits per heavy atom. The summed E-state index contributed by atoms with van der Waals surface area (Å²) in [4.78, 5) is 20.5. The summed E-state index contributed by atoms with van der Waals surface area (Å²) in [6.07, 6.45) is 4.42. The third-order valence-electron chi connectivity index (χ3n) is 5.11. The van der Waals surface area contributed by atoms with E-state index in [1.165, 1.54) is 11.9 Å². The molecule has 0 saturated heterocycles. The van der Waals surface area contributed by atoms with E-state index in [4.69, 9.17) is 0 Å². The van der Waals surface area contributed by atoms with E-state index in [1.54, 1.807) is 11.0 Å². The van der Waals surface area contributed by atoms with E-state index in [9.17, 15) is 4.79 Å². The van der Waals surface area contributed by atoms with Crippen LogP contribution in [0.4, 0.5) is 5.69 Å². The molecule has 0 spiro atoms. The molecule has 28 heavy (non-hydrogen) atoms. The smallest absolute Gasteiger partial charge is 0.223 e. The lowest BCUT2D eigenvalue weighted by Gasteiger charge is -2.25. The molecule has 1 unspecified atom stereocenters. The number of aromatic nitrogens is 3. The maximum Gasteiger partial charge on any atom is 0.223 e. The Morgan fingerprint density at radius 1 is 1.04 bits per heavy atom. The van der Waals surface area contributed by atoms with Crippen molar-refractivity contribution in [1.82, 2.24) is 19.7 Å². The van der Waals surface area contributed by atoms with E-state index in [-0.39, 0.29) is 11.9 Å². The number of amides is 1. The summed E-state index contributed by atoms with van der Waals surface area (Å²) < 4.78 is 1.71. The predicted octanol–water partition coefficient (Wildman–Crippen LogP) is 3.49. The number of rotatable bonds is 7. The van der Waals surface area contributed by atoms with E-state index >= 15 is 0 Å². The lowest BCUT2D eigenvalue weighted by Crippen LogP contribution is -2.29. The molecule has 0 N–H and O–H groups in total. The Bertz CT molecular complexity index is 886. The van der Waals surface area contributed by atoms with Gasteiger partial charge in [0.2, 0.25) is 5.91 Å². The highest BCUT2D eigenvalue weighted by Crippen LogP contribution is 2.21. The van der Waals surface area contributed by atoms with Gasteiger partial charge in [-0.3, -0.25) is 4.79 Å². The Morgan fingerprint density at radius 2 is 1.71 bits per heavy atom. The van der Waals surface area contributed by atoms with Gasteiger partial charge in [0.15, 0.2) is 0 Å². The fourth-order valence-corrected chi connectivity index (χ4v) is 3.08.